The summed E-state index contributed by atoms with van der Waals surface area (Å²) in [4.78, 5) is 10.4. The van der Waals surface area contributed by atoms with Crippen molar-refractivity contribution >= 4 is 0 Å². The number of hydrogen-bond donors (Lipinski definition) is 2. The molecule has 0 atom stereocenters. The maximum absolute atomic E-state index is 10.4. The van der Waals surface area contributed by atoms with Gasteiger partial charge in [-0.3, -0.25) is 0 Å². The molecular formula is C17H26N2O3. The summed E-state index contributed by atoms with van der Waals surface area (Å²) in [7, 11) is 0. The lowest BCUT2D eigenvalue weighted by Crippen LogP contribution is -2.26. The van der Waals surface area contributed by atoms with Crippen molar-refractivity contribution in [2.24, 2.45) is 5.18 Å². The summed E-state index contributed by atoms with van der Waals surface area (Å²) in [6.45, 7) is 10.6. The lowest BCUT2D eigenvalue weighted by atomic mass is 10.0. The molecule has 1 aromatic rings. The first-order valence-electron chi connectivity index (χ1n) is 7.47. The van der Waals surface area contributed by atoms with Crippen molar-refractivity contribution < 1.29 is 9.84 Å². The van der Waals surface area contributed by atoms with E-state index in [1.54, 1.807) is 0 Å². The summed E-state index contributed by atoms with van der Waals surface area (Å²) in [6, 6.07) is 5.72. The molecule has 2 N–H and O–H groups in total. The van der Waals surface area contributed by atoms with Gasteiger partial charge in [-0.2, -0.15) is 4.91 Å². The van der Waals surface area contributed by atoms with Gasteiger partial charge < -0.3 is 15.2 Å². The first-order valence-corrected chi connectivity index (χ1v) is 7.47. The van der Waals surface area contributed by atoms with E-state index in [1.165, 1.54) is 0 Å². The van der Waals surface area contributed by atoms with Gasteiger partial charge in [-0.25, -0.2) is 0 Å². The number of aryl methyl sites for hydroxylation is 1. The van der Waals surface area contributed by atoms with Crippen LogP contribution < -0.4 is 5.32 Å². The molecule has 22 heavy (non-hydrogen) atoms. The van der Waals surface area contributed by atoms with Crippen molar-refractivity contribution in [3.63, 3.8) is 0 Å². The molecule has 5 heteroatoms. The molecule has 0 radical (unpaired) electrons. The average molecular weight is 306 g/mol. The fourth-order valence-corrected chi connectivity index (χ4v) is 2.17. The Kier molecular flexibility index (Phi) is 7.05. The standard InChI is InChI=1S/C17H26N2O3/c1-13(22-17(2,3)4)18-7-5-6-14-8-15(11-19-21)10-16(9-14)12-20/h8-10,18,20H,1,5-7,11-12H2,2-4H3. The van der Waals surface area contributed by atoms with E-state index in [2.05, 4.69) is 17.1 Å². The molecule has 0 heterocycles. The van der Waals surface area contributed by atoms with Crippen LogP contribution in [0.2, 0.25) is 0 Å². The monoisotopic (exact) mass is 306 g/mol. The molecule has 122 valence electrons. The number of nitrogens with one attached hydrogen (secondary N) is 1. The first kappa shape index (κ1) is 18.2. The second-order valence-corrected chi connectivity index (χ2v) is 6.27. The van der Waals surface area contributed by atoms with E-state index in [1.807, 2.05) is 39.0 Å². The van der Waals surface area contributed by atoms with Crippen LogP contribution in [0, 0.1) is 4.91 Å². The second-order valence-electron chi connectivity index (χ2n) is 6.27. The summed E-state index contributed by atoms with van der Waals surface area (Å²) >= 11 is 0. The fraction of sp³-hybridized carbons (Fsp3) is 0.529. The molecule has 1 rings (SSSR count). The van der Waals surface area contributed by atoms with Crippen molar-refractivity contribution in [3.05, 3.63) is 52.3 Å². The smallest absolute Gasteiger partial charge is 0.179 e. The van der Waals surface area contributed by atoms with Crippen molar-refractivity contribution in [1.29, 1.82) is 0 Å². The van der Waals surface area contributed by atoms with Gasteiger partial charge in [0, 0.05) is 6.54 Å². The number of nitroso groups, excluding NO2 is 1. The van der Waals surface area contributed by atoms with E-state index in [9.17, 15) is 10.0 Å². The SMILES string of the molecule is C=C(NCCCc1cc(CO)cc(CN=O)c1)OC(C)(C)C. The van der Waals surface area contributed by atoms with E-state index in [-0.39, 0.29) is 18.8 Å². The molecular weight excluding hydrogens is 280 g/mol. The Hall–Kier alpha value is -1.88. The van der Waals surface area contributed by atoms with Crippen LogP contribution in [0.1, 0.15) is 43.9 Å². The van der Waals surface area contributed by atoms with E-state index in [0.717, 1.165) is 36.1 Å². The second kappa shape index (κ2) is 8.54. The minimum absolute atomic E-state index is 0.0336. The van der Waals surface area contributed by atoms with E-state index >= 15 is 0 Å². The number of ether oxygens (including phenoxy) is 1. The van der Waals surface area contributed by atoms with Crippen molar-refractivity contribution in [2.45, 2.75) is 52.4 Å². The maximum Gasteiger partial charge on any atom is 0.179 e. The highest BCUT2D eigenvalue weighted by molar-refractivity contribution is 5.30. The summed E-state index contributed by atoms with van der Waals surface area (Å²) < 4.78 is 5.59. The largest absolute Gasteiger partial charge is 0.474 e. The third-order valence-electron chi connectivity index (χ3n) is 2.94. The van der Waals surface area contributed by atoms with Gasteiger partial charge in [0.25, 0.3) is 0 Å². The zero-order valence-electron chi connectivity index (χ0n) is 13.7. The molecule has 0 bridgehead atoms. The molecule has 0 aromatic heterocycles. The summed E-state index contributed by atoms with van der Waals surface area (Å²) in [5, 5.41) is 15.3. The Bertz CT molecular complexity index is 507. The van der Waals surface area contributed by atoms with E-state index in [4.69, 9.17) is 4.74 Å². The van der Waals surface area contributed by atoms with Crippen LogP contribution in [0.15, 0.2) is 35.8 Å². The Morgan fingerprint density at radius 3 is 2.50 bits per heavy atom. The van der Waals surface area contributed by atoms with Gasteiger partial charge in [0.1, 0.15) is 12.1 Å². The molecule has 0 amide bonds. The normalized spacial score (nSPS) is 11.1. The number of aliphatic hydroxyl groups excluding tert-OH is 1. The van der Waals surface area contributed by atoms with Gasteiger partial charge in [0.05, 0.1) is 6.61 Å². The predicted molar refractivity (Wildman–Crippen MR) is 88.2 cm³/mol. The minimum atomic E-state index is -0.254. The molecule has 0 unspecified atom stereocenters. The molecule has 0 saturated carbocycles. The number of aliphatic hydroxyl groups is 1. The van der Waals surface area contributed by atoms with Crippen LogP contribution in [0.3, 0.4) is 0 Å². The van der Waals surface area contributed by atoms with Crippen LogP contribution in [0.4, 0.5) is 0 Å². The van der Waals surface area contributed by atoms with Gasteiger partial charge in [0.15, 0.2) is 5.88 Å². The zero-order chi connectivity index (χ0) is 16.6. The lowest BCUT2D eigenvalue weighted by molar-refractivity contribution is 0.0416. The maximum atomic E-state index is 10.4. The number of hydrogen-bond acceptors (Lipinski definition) is 5. The van der Waals surface area contributed by atoms with Crippen molar-refractivity contribution in [2.75, 3.05) is 6.54 Å². The van der Waals surface area contributed by atoms with Gasteiger partial charge >= 0.3 is 0 Å². The molecule has 0 aliphatic carbocycles. The predicted octanol–water partition coefficient (Wildman–Crippen LogP) is 3.25. The van der Waals surface area contributed by atoms with Gasteiger partial charge in [-0.05, 0) is 56.9 Å². The van der Waals surface area contributed by atoms with Gasteiger partial charge in [0.2, 0.25) is 0 Å². The van der Waals surface area contributed by atoms with E-state index in [0.29, 0.717) is 5.88 Å². The van der Waals surface area contributed by atoms with E-state index < -0.39 is 0 Å². The number of benzene rings is 1. The Labute approximate surface area is 132 Å². The highest BCUT2D eigenvalue weighted by Gasteiger charge is 2.11. The molecule has 1 aromatic carbocycles. The Morgan fingerprint density at radius 2 is 1.91 bits per heavy atom. The lowest BCUT2D eigenvalue weighted by Gasteiger charge is -2.23. The quantitative estimate of drug-likeness (QED) is 0.417. The minimum Gasteiger partial charge on any atom is -0.474 e. The highest BCUT2D eigenvalue weighted by Crippen LogP contribution is 2.14. The Balaban J connectivity index is 2.46. The molecule has 0 spiro atoms. The van der Waals surface area contributed by atoms with Crippen LogP contribution >= 0.6 is 0 Å². The summed E-state index contributed by atoms with van der Waals surface area (Å²) in [6.07, 6.45) is 1.74. The van der Waals surface area contributed by atoms with Crippen molar-refractivity contribution in [3.8, 4) is 0 Å². The topological polar surface area (TPSA) is 70.9 Å². The van der Waals surface area contributed by atoms with Gasteiger partial charge in [-0.1, -0.05) is 23.4 Å². The average Bonchev–Trinajstić information content (AvgIpc) is 2.42. The number of nitrogens with zero attached hydrogens (tertiary/aromatic N) is 1. The van der Waals surface area contributed by atoms with Crippen LogP contribution in [-0.4, -0.2) is 17.3 Å². The molecule has 0 saturated heterocycles. The van der Waals surface area contributed by atoms with Crippen molar-refractivity contribution in [1.82, 2.24) is 5.32 Å². The third kappa shape index (κ3) is 7.22. The molecule has 0 aliphatic rings. The molecule has 0 aliphatic heterocycles. The molecule has 5 nitrogen and oxygen atoms in total. The van der Waals surface area contributed by atoms with Crippen LogP contribution in [-0.2, 0) is 24.3 Å². The zero-order valence-corrected chi connectivity index (χ0v) is 13.7. The van der Waals surface area contributed by atoms with Crippen LogP contribution in [0.25, 0.3) is 0 Å². The summed E-state index contributed by atoms with van der Waals surface area (Å²) in [5.41, 5.74) is 2.49. The first-order chi connectivity index (χ1) is 10.3. The summed E-state index contributed by atoms with van der Waals surface area (Å²) in [5.74, 6) is 0.572. The number of rotatable bonds is 9. The van der Waals surface area contributed by atoms with Crippen LogP contribution in [0.5, 0.6) is 0 Å². The molecule has 0 fully saturated rings. The third-order valence-corrected chi connectivity index (χ3v) is 2.94. The fourth-order valence-electron chi connectivity index (χ4n) is 2.17. The Morgan fingerprint density at radius 1 is 1.27 bits per heavy atom. The highest BCUT2D eigenvalue weighted by atomic mass is 16.5. The van der Waals surface area contributed by atoms with Gasteiger partial charge in [-0.15, -0.1) is 0 Å².